The Bertz CT molecular complexity index is 422. The van der Waals surface area contributed by atoms with E-state index in [0.717, 1.165) is 6.42 Å². The lowest BCUT2D eigenvalue weighted by atomic mass is 9.91. The first-order valence-electron chi connectivity index (χ1n) is 6.35. The number of nitrogens with one attached hydrogen (secondary N) is 1. The molecular formula is C14H20FNO2S. The monoisotopic (exact) mass is 285 g/mol. The van der Waals surface area contributed by atoms with Gasteiger partial charge in [0.1, 0.15) is 11.4 Å². The highest BCUT2D eigenvalue weighted by Crippen LogP contribution is 2.25. The average Bonchev–Trinajstić information content (AvgIpc) is 2.41. The second-order valence-corrected chi connectivity index (χ2v) is 5.51. The van der Waals surface area contributed by atoms with Gasteiger partial charge in [-0.3, -0.25) is 4.79 Å². The molecule has 1 unspecified atom stereocenters. The topological polar surface area (TPSA) is 49.3 Å². The van der Waals surface area contributed by atoms with E-state index in [1.54, 1.807) is 25.2 Å². The predicted octanol–water partition coefficient (Wildman–Crippen LogP) is 3.15. The summed E-state index contributed by atoms with van der Waals surface area (Å²) in [6.07, 6.45) is 1.79. The van der Waals surface area contributed by atoms with E-state index < -0.39 is 11.5 Å². The van der Waals surface area contributed by atoms with Gasteiger partial charge in [0, 0.05) is 4.90 Å². The molecule has 1 aromatic rings. The zero-order chi connectivity index (χ0) is 14.3. The molecule has 5 heteroatoms. The number of rotatable bonds is 8. The largest absolute Gasteiger partial charge is 0.480 e. The van der Waals surface area contributed by atoms with Crippen LogP contribution in [0, 0.1) is 5.82 Å². The van der Waals surface area contributed by atoms with Crippen molar-refractivity contribution in [3.05, 3.63) is 30.1 Å². The zero-order valence-corrected chi connectivity index (χ0v) is 12.1. The summed E-state index contributed by atoms with van der Waals surface area (Å²) < 4.78 is 13.4. The van der Waals surface area contributed by atoms with Crippen molar-refractivity contribution in [2.24, 2.45) is 0 Å². The van der Waals surface area contributed by atoms with Crippen LogP contribution in [0.3, 0.4) is 0 Å². The predicted molar refractivity (Wildman–Crippen MR) is 76.1 cm³/mol. The van der Waals surface area contributed by atoms with Crippen LogP contribution in [0.25, 0.3) is 0 Å². The van der Waals surface area contributed by atoms with Crippen LogP contribution in [0.5, 0.6) is 0 Å². The SMILES string of the molecule is CCC(CCCSc1ccccc1F)(NC)C(=O)O. The molecule has 0 radical (unpaired) electrons. The number of halogens is 1. The van der Waals surface area contributed by atoms with E-state index in [2.05, 4.69) is 5.32 Å². The summed E-state index contributed by atoms with van der Waals surface area (Å²) in [7, 11) is 1.67. The molecular weight excluding hydrogens is 265 g/mol. The fraction of sp³-hybridized carbons (Fsp3) is 0.500. The smallest absolute Gasteiger partial charge is 0.323 e. The minimum Gasteiger partial charge on any atom is -0.480 e. The lowest BCUT2D eigenvalue weighted by molar-refractivity contribution is -0.145. The summed E-state index contributed by atoms with van der Waals surface area (Å²) in [5.41, 5.74) is -0.865. The van der Waals surface area contributed by atoms with Crippen LogP contribution in [-0.2, 0) is 4.79 Å². The van der Waals surface area contributed by atoms with E-state index in [1.165, 1.54) is 17.8 Å². The molecule has 2 N–H and O–H groups in total. The van der Waals surface area contributed by atoms with Crippen molar-refractivity contribution in [3.8, 4) is 0 Å². The molecule has 0 aliphatic heterocycles. The van der Waals surface area contributed by atoms with Gasteiger partial charge < -0.3 is 10.4 Å². The minimum absolute atomic E-state index is 0.221. The van der Waals surface area contributed by atoms with Gasteiger partial charge in [0.15, 0.2) is 0 Å². The van der Waals surface area contributed by atoms with Crippen molar-refractivity contribution in [2.45, 2.75) is 36.6 Å². The third-order valence-corrected chi connectivity index (χ3v) is 4.47. The van der Waals surface area contributed by atoms with Gasteiger partial charge in [0.25, 0.3) is 0 Å². The summed E-state index contributed by atoms with van der Waals surface area (Å²) in [5, 5.41) is 12.1. The minimum atomic E-state index is -0.865. The number of carbonyl (C=O) groups is 1. The van der Waals surface area contributed by atoms with Crippen LogP contribution >= 0.6 is 11.8 Å². The van der Waals surface area contributed by atoms with Crippen molar-refractivity contribution >= 4 is 17.7 Å². The Morgan fingerprint density at radius 1 is 1.47 bits per heavy atom. The Kier molecular flexibility index (Phi) is 6.31. The molecule has 1 atom stereocenters. The van der Waals surface area contributed by atoms with E-state index in [4.69, 9.17) is 0 Å². The number of carboxylic acids is 1. The van der Waals surface area contributed by atoms with E-state index in [-0.39, 0.29) is 5.82 Å². The highest BCUT2D eigenvalue weighted by atomic mass is 32.2. The molecule has 1 aromatic carbocycles. The number of likely N-dealkylation sites (N-methyl/N-ethyl adjacent to an activating group) is 1. The van der Waals surface area contributed by atoms with Crippen molar-refractivity contribution in [3.63, 3.8) is 0 Å². The van der Waals surface area contributed by atoms with Gasteiger partial charge in [-0.25, -0.2) is 4.39 Å². The fourth-order valence-electron chi connectivity index (χ4n) is 1.96. The maximum Gasteiger partial charge on any atom is 0.323 e. The first-order valence-corrected chi connectivity index (χ1v) is 7.34. The maximum atomic E-state index is 13.4. The van der Waals surface area contributed by atoms with Crippen LogP contribution < -0.4 is 5.32 Å². The van der Waals surface area contributed by atoms with Crippen LogP contribution in [-0.4, -0.2) is 29.4 Å². The Hall–Kier alpha value is -1.07. The van der Waals surface area contributed by atoms with Crippen molar-refractivity contribution in [1.29, 1.82) is 0 Å². The van der Waals surface area contributed by atoms with E-state index in [9.17, 15) is 14.3 Å². The molecule has 3 nitrogen and oxygen atoms in total. The second-order valence-electron chi connectivity index (χ2n) is 4.37. The van der Waals surface area contributed by atoms with Gasteiger partial charge in [-0.05, 0) is 44.2 Å². The molecule has 0 spiro atoms. The molecule has 0 bridgehead atoms. The third kappa shape index (κ3) is 4.21. The zero-order valence-electron chi connectivity index (χ0n) is 11.3. The maximum absolute atomic E-state index is 13.4. The fourth-order valence-corrected chi connectivity index (χ4v) is 2.85. The van der Waals surface area contributed by atoms with Crippen LogP contribution in [0.2, 0.25) is 0 Å². The molecule has 19 heavy (non-hydrogen) atoms. The van der Waals surface area contributed by atoms with Gasteiger partial charge in [-0.15, -0.1) is 11.8 Å². The molecule has 0 saturated carbocycles. The van der Waals surface area contributed by atoms with Crippen LogP contribution in [0.4, 0.5) is 4.39 Å². The lowest BCUT2D eigenvalue weighted by Crippen LogP contribution is -2.49. The second kappa shape index (κ2) is 7.50. The van der Waals surface area contributed by atoms with Crippen LogP contribution in [0.15, 0.2) is 29.2 Å². The van der Waals surface area contributed by atoms with Gasteiger partial charge in [0.2, 0.25) is 0 Å². The molecule has 0 amide bonds. The molecule has 0 aromatic heterocycles. The normalized spacial score (nSPS) is 14.1. The summed E-state index contributed by atoms with van der Waals surface area (Å²) in [6.45, 7) is 1.86. The molecule has 0 saturated heterocycles. The molecule has 0 heterocycles. The molecule has 1 rings (SSSR count). The van der Waals surface area contributed by atoms with Crippen molar-refractivity contribution in [1.82, 2.24) is 5.32 Å². The highest BCUT2D eigenvalue weighted by molar-refractivity contribution is 7.99. The summed E-state index contributed by atoms with van der Waals surface area (Å²) in [6, 6.07) is 6.63. The quantitative estimate of drug-likeness (QED) is 0.569. The number of thioether (sulfide) groups is 1. The Morgan fingerprint density at radius 2 is 2.16 bits per heavy atom. The number of hydrogen-bond acceptors (Lipinski definition) is 3. The lowest BCUT2D eigenvalue weighted by Gasteiger charge is -2.27. The van der Waals surface area contributed by atoms with Gasteiger partial charge >= 0.3 is 5.97 Å². The first-order chi connectivity index (χ1) is 9.05. The first kappa shape index (κ1) is 16.0. The summed E-state index contributed by atoms with van der Waals surface area (Å²) >= 11 is 1.42. The molecule has 0 aliphatic rings. The number of benzene rings is 1. The summed E-state index contributed by atoms with van der Waals surface area (Å²) in [5.74, 6) is -0.341. The highest BCUT2D eigenvalue weighted by Gasteiger charge is 2.33. The third-order valence-electron chi connectivity index (χ3n) is 3.33. The molecule has 106 valence electrons. The van der Waals surface area contributed by atoms with Gasteiger partial charge in [-0.1, -0.05) is 19.1 Å². The van der Waals surface area contributed by atoms with Crippen LogP contribution in [0.1, 0.15) is 26.2 Å². The van der Waals surface area contributed by atoms with Gasteiger partial charge in [-0.2, -0.15) is 0 Å². The van der Waals surface area contributed by atoms with Crippen molar-refractivity contribution in [2.75, 3.05) is 12.8 Å². The Labute approximate surface area is 117 Å². The molecule has 0 fully saturated rings. The van der Waals surface area contributed by atoms with Crippen molar-refractivity contribution < 1.29 is 14.3 Å². The average molecular weight is 285 g/mol. The van der Waals surface area contributed by atoms with E-state index in [0.29, 0.717) is 23.5 Å². The standard InChI is InChI=1S/C14H20FNO2S/c1-3-14(16-2,13(17)18)9-6-10-19-12-8-5-4-7-11(12)15/h4-5,7-8,16H,3,6,9-10H2,1-2H3,(H,17,18). The summed E-state index contributed by atoms with van der Waals surface area (Å²) in [4.78, 5) is 11.9. The number of hydrogen-bond donors (Lipinski definition) is 2. The Balaban J connectivity index is 2.46. The number of aliphatic carboxylic acids is 1. The van der Waals surface area contributed by atoms with E-state index >= 15 is 0 Å². The number of carboxylic acid groups (broad SMARTS) is 1. The van der Waals surface area contributed by atoms with E-state index in [1.807, 2.05) is 6.92 Å². The molecule has 0 aliphatic carbocycles. The van der Waals surface area contributed by atoms with Gasteiger partial charge in [0.05, 0.1) is 0 Å². The Morgan fingerprint density at radius 3 is 2.68 bits per heavy atom.